The van der Waals surface area contributed by atoms with Crippen LogP contribution in [-0.4, -0.2) is 6.18 Å². The first-order chi connectivity index (χ1) is 10.4. The van der Waals surface area contributed by atoms with Crippen LogP contribution in [0.25, 0.3) is 0 Å². The van der Waals surface area contributed by atoms with Crippen molar-refractivity contribution in [2.24, 2.45) is 5.92 Å². The minimum atomic E-state index is -4.15. The fraction of sp³-hybridized carbons (Fsp3) is 0.471. The number of hydrogen-bond donors (Lipinski definition) is 0. The summed E-state index contributed by atoms with van der Waals surface area (Å²) in [6.07, 6.45) is 1.09. The van der Waals surface area contributed by atoms with E-state index >= 15 is 0 Å². The molecule has 0 bridgehead atoms. The van der Waals surface area contributed by atoms with Gasteiger partial charge in [0.2, 0.25) is 0 Å². The Morgan fingerprint density at radius 2 is 1.86 bits per heavy atom. The summed E-state index contributed by atoms with van der Waals surface area (Å²) in [5.41, 5.74) is 0.904. The van der Waals surface area contributed by atoms with Gasteiger partial charge in [-0.3, -0.25) is 0 Å². The van der Waals surface area contributed by atoms with Crippen LogP contribution in [0.5, 0.6) is 0 Å². The summed E-state index contributed by atoms with van der Waals surface area (Å²) in [4.78, 5) is 0. The van der Waals surface area contributed by atoms with Crippen molar-refractivity contribution < 1.29 is 17.6 Å². The van der Waals surface area contributed by atoms with Crippen molar-refractivity contribution in [3.63, 3.8) is 0 Å². The first kappa shape index (κ1) is 16.5. The highest BCUT2D eigenvalue weighted by atomic mass is 19.4. The smallest absolute Gasteiger partial charge is 0.206 e. The van der Waals surface area contributed by atoms with Crippen LogP contribution in [0, 0.1) is 23.1 Å². The lowest BCUT2D eigenvalue weighted by Crippen LogP contribution is -2.12. The van der Waals surface area contributed by atoms with E-state index in [4.69, 9.17) is 5.26 Å². The monoisotopic (exact) mass is 311 g/mol. The molecule has 22 heavy (non-hydrogen) atoms. The third-order valence-corrected chi connectivity index (χ3v) is 4.11. The van der Waals surface area contributed by atoms with Gasteiger partial charge in [-0.2, -0.15) is 18.4 Å². The third-order valence-electron chi connectivity index (χ3n) is 4.11. The Kier molecular flexibility index (Phi) is 5.23. The molecule has 1 aromatic rings. The number of nitriles is 1. The van der Waals surface area contributed by atoms with Crippen LogP contribution in [0.2, 0.25) is 0 Å². The second-order valence-corrected chi connectivity index (χ2v) is 5.71. The number of rotatable bonds is 3. The van der Waals surface area contributed by atoms with Gasteiger partial charge in [0.05, 0.1) is 12.0 Å². The molecular weight excluding hydrogens is 294 g/mol. The van der Waals surface area contributed by atoms with Gasteiger partial charge in [-0.15, -0.1) is 0 Å². The Balaban J connectivity index is 1.90. The molecule has 5 heteroatoms. The fourth-order valence-electron chi connectivity index (χ4n) is 2.92. The van der Waals surface area contributed by atoms with Gasteiger partial charge in [0, 0.05) is 0 Å². The predicted octanol–water partition coefficient (Wildman–Crippen LogP) is 5.48. The van der Waals surface area contributed by atoms with Crippen LogP contribution in [0.1, 0.15) is 49.1 Å². The molecule has 0 atom stereocenters. The lowest BCUT2D eigenvalue weighted by atomic mass is 9.78. The predicted molar refractivity (Wildman–Crippen MR) is 75.6 cm³/mol. The van der Waals surface area contributed by atoms with E-state index in [9.17, 15) is 17.6 Å². The van der Waals surface area contributed by atoms with Gasteiger partial charge in [0.15, 0.2) is 0 Å². The molecule has 1 fully saturated rings. The van der Waals surface area contributed by atoms with Crippen LogP contribution in [0.4, 0.5) is 17.6 Å². The molecule has 118 valence electrons. The topological polar surface area (TPSA) is 23.8 Å². The second-order valence-electron chi connectivity index (χ2n) is 5.71. The summed E-state index contributed by atoms with van der Waals surface area (Å²) in [6, 6.07) is 6.45. The quantitative estimate of drug-likeness (QED) is 0.535. The average Bonchev–Trinajstić information content (AvgIpc) is 2.46. The molecule has 0 unspecified atom stereocenters. The number of allylic oxidation sites excluding steroid dienone is 2. The van der Waals surface area contributed by atoms with Crippen LogP contribution in [-0.2, 0) is 0 Å². The molecule has 1 aromatic carbocycles. The van der Waals surface area contributed by atoms with E-state index in [1.807, 2.05) is 0 Å². The summed E-state index contributed by atoms with van der Waals surface area (Å²) in [6.45, 7) is 0. The van der Waals surface area contributed by atoms with Crippen molar-refractivity contribution in [2.45, 2.75) is 44.2 Å². The fourth-order valence-corrected chi connectivity index (χ4v) is 2.92. The molecule has 1 nitrogen and oxygen atoms in total. The Bertz CT molecular complexity index is 575. The van der Waals surface area contributed by atoms with Crippen LogP contribution < -0.4 is 0 Å². The van der Waals surface area contributed by atoms with Crippen LogP contribution in [0.15, 0.2) is 30.4 Å². The van der Waals surface area contributed by atoms with E-state index in [-0.39, 0.29) is 17.4 Å². The highest BCUT2D eigenvalue weighted by molar-refractivity contribution is 5.35. The summed E-state index contributed by atoms with van der Waals surface area (Å²) >= 11 is 0. The zero-order chi connectivity index (χ0) is 16.2. The standard InChI is InChI=1S/C17H17F4N/c18-16-10-14(7-8-15(16)11-22)13-5-3-12(4-6-13)2-1-9-17(19,20)21/h1-2,7-8,10,12-13H,3-6,9H2. The number of benzene rings is 1. The van der Waals surface area contributed by atoms with Gasteiger partial charge in [0.1, 0.15) is 11.9 Å². The molecule has 0 aromatic heterocycles. The van der Waals surface area contributed by atoms with Crippen molar-refractivity contribution in [3.8, 4) is 6.07 Å². The third kappa shape index (κ3) is 4.59. The van der Waals surface area contributed by atoms with Crippen molar-refractivity contribution in [1.82, 2.24) is 0 Å². The molecule has 0 amide bonds. The summed E-state index contributed by atoms with van der Waals surface area (Å²) in [5, 5.41) is 8.72. The van der Waals surface area contributed by atoms with E-state index < -0.39 is 18.4 Å². The Morgan fingerprint density at radius 1 is 1.18 bits per heavy atom. The van der Waals surface area contributed by atoms with Gasteiger partial charge in [-0.05, 0) is 55.2 Å². The Morgan fingerprint density at radius 3 is 2.41 bits per heavy atom. The zero-order valence-corrected chi connectivity index (χ0v) is 12.0. The normalized spacial score (nSPS) is 22.7. The summed E-state index contributed by atoms with van der Waals surface area (Å²) < 4.78 is 49.9. The van der Waals surface area contributed by atoms with E-state index in [1.54, 1.807) is 18.2 Å². The first-order valence-electron chi connectivity index (χ1n) is 7.32. The Hall–Kier alpha value is -1.83. The van der Waals surface area contributed by atoms with Crippen LogP contribution in [0.3, 0.4) is 0 Å². The number of alkyl halides is 3. The number of nitrogens with zero attached hydrogens (tertiary/aromatic N) is 1. The van der Waals surface area contributed by atoms with E-state index in [0.717, 1.165) is 31.2 Å². The zero-order valence-electron chi connectivity index (χ0n) is 12.0. The van der Waals surface area contributed by atoms with E-state index in [1.165, 1.54) is 18.2 Å². The maximum atomic E-state index is 13.6. The molecule has 0 spiro atoms. The second kappa shape index (κ2) is 6.95. The molecule has 2 rings (SSSR count). The molecule has 0 saturated heterocycles. The molecule has 0 aliphatic heterocycles. The maximum absolute atomic E-state index is 13.6. The minimum absolute atomic E-state index is 0.0347. The van der Waals surface area contributed by atoms with Crippen molar-refractivity contribution in [1.29, 1.82) is 5.26 Å². The number of hydrogen-bond acceptors (Lipinski definition) is 1. The van der Waals surface area contributed by atoms with E-state index in [2.05, 4.69) is 0 Å². The summed E-state index contributed by atoms with van der Waals surface area (Å²) in [5.74, 6) is -0.122. The summed E-state index contributed by atoms with van der Waals surface area (Å²) in [7, 11) is 0. The molecule has 1 saturated carbocycles. The van der Waals surface area contributed by atoms with Gasteiger partial charge in [-0.1, -0.05) is 18.2 Å². The minimum Gasteiger partial charge on any atom is -0.206 e. The van der Waals surface area contributed by atoms with Crippen molar-refractivity contribution >= 4 is 0 Å². The van der Waals surface area contributed by atoms with Gasteiger partial charge >= 0.3 is 6.18 Å². The SMILES string of the molecule is N#Cc1ccc(C2CCC(C=CCC(F)(F)F)CC2)cc1F. The lowest BCUT2D eigenvalue weighted by molar-refractivity contribution is -0.125. The highest BCUT2D eigenvalue weighted by Gasteiger charge is 2.25. The molecule has 0 N–H and O–H groups in total. The number of halogens is 4. The van der Waals surface area contributed by atoms with E-state index in [0.29, 0.717) is 0 Å². The maximum Gasteiger partial charge on any atom is 0.392 e. The van der Waals surface area contributed by atoms with Gasteiger partial charge < -0.3 is 0 Å². The van der Waals surface area contributed by atoms with Gasteiger partial charge in [0.25, 0.3) is 0 Å². The molecule has 0 radical (unpaired) electrons. The molecule has 0 heterocycles. The van der Waals surface area contributed by atoms with Crippen molar-refractivity contribution in [2.75, 3.05) is 0 Å². The molecular formula is C17H17F4N. The molecule has 1 aliphatic carbocycles. The average molecular weight is 311 g/mol. The van der Waals surface area contributed by atoms with Crippen molar-refractivity contribution in [3.05, 3.63) is 47.3 Å². The van der Waals surface area contributed by atoms with Gasteiger partial charge in [-0.25, -0.2) is 4.39 Å². The van der Waals surface area contributed by atoms with Crippen LogP contribution >= 0.6 is 0 Å². The highest BCUT2D eigenvalue weighted by Crippen LogP contribution is 2.37. The first-order valence-corrected chi connectivity index (χ1v) is 7.32. The largest absolute Gasteiger partial charge is 0.392 e. The Labute approximate surface area is 127 Å². The molecule has 1 aliphatic rings. The lowest BCUT2D eigenvalue weighted by Gasteiger charge is -2.27.